The molecule has 0 amide bonds. The van der Waals surface area contributed by atoms with Gasteiger partial charge in [0.25, 0.3) is 0 Å². The fraction of sp³-hybridized carbons (Fsp3) is 0.192. The van der Waals surface area contributed by atoms with Crippen LogP contribution in [0.1, 0.15) is 17.2 Å². The van der Waals surface area contributed by atoms with E-state index in [1.54, 1.807) is 31.6 Å². The number of aromatic nitrogens is 1. The minimum atomic E-state index is -0.835. The number of aliphatic hydroxyl groups excluding tert-OH is 1. The van der Waals surface area contributed by atoms with Gasteiger partial charge < -0.3 is 24.1 Å². The molecule has 6 nitrogen and oxygen atoms in total. The van der Waals surface area contributed by atoms with E-state index in [4.69, 9.17) is 18.9 Å². The quantitative estimate of drug-likeness (QED) is 0.479. The van der Waals surface area contributed by atoms with Crippen molar-refractivity contribution in [1.82, 2.24) is 4.98 Å². The van der Waals surface area contributed by atoms with E-state index in [9.17, 15) is 5.11 Å². The molecule has 5 rings (SSSR count). The van der Waals surface area contributed by atoms with Gasteiger partial charge in [0, 0.05) is 11.8 Å². The summed E-state index contributed by atoms with van der Waals surface area (Å²) in [4.78, 5) is 4.04. The van der Waals surface area contributed by atoms with Crippen LogP contribution in [0.3, 0.4) is 0 Å². The predicted octanol–water partition coefficient (Wildman–Crippen LogP) is 4.70. The molecular weight excluding hydrogens is 406 g/mol. The van der Waals surface area contributed by atoms with Gasteiger partial charge in [-0.1, -0.05) is 18.2 Å². The van der Waals surface area contributed by atoms with E-state index in [0.717, 1.165) is 22.1 Å². The van der Waals surface area contributed by atoms with Gasteiger partial charge in [-0.25, -0.2) is 0 Å². The largest absolute Gasteiger partial charge is 0.497 e. The highest BCUT2D eigenvalue weighted by Crippen LogP contribution is 2.36. The van der Waals surface area contributed by atoms with E-state index in [-0.39, 0.29) is 6.61 Å². The smallest absolute Gasteiger partial charge is 0.163 e. The zero-order chi connectivity index (χ0) is 21.9. The van der Waals surface area contributed by atoms with Gasteiger partial charge in [0.1, 0.15) is 42.3 Å². The van der Waals surface area contributed by atoms with E-state index >= 15 is 0 Å². The summed E-state index contributed by atoms with van der Waals surface area (Å²) in [6.45, 7) is 0.665. The molecule has 0 radical (unpaired) electrons. The summed E-state index contributed by atoms with van der Waals surface area (Å²) in [5, 5.41) is 13.1. The first-order valence-corrected chi connectivity index (χ1v) is 10.4. The number of methoxy groups -OCH3 is 1. The minimum Gasteiger partial charge on any atom is -0.497 e. The molecule has 0 aliphatic carbocycles. The maximum absolute atomic E-state index is 10.9. The summed E-state index contributed by atoms with van der Waals surface area (Å²) in [7, 11) is 1.66. The third-order valence-corrected chi connectivity index (χ3v) is 5.49. The monoisotopic (exact) mass is 429 g/mol. The SMILES string of the molecule is COc1ccc2cc(COc3ccc4c(c3)[C@H](O)[C@H](Oc3cccnc3)CO4)ccc2c1. The molecule has 0 fully saturated rings. The maximum Gasteiger partial charge on any atom is 0.163 e. The molecule has 1 N–H and O–H groups in total. The molecule has 4 aromatic rings. The molecule has 6 heteroatoms. The van der Waals surface area contributed by atoms with Crippen molar-refractivity contribution in [2.75, 3.05) is 13.7 Å². The third kappa shape index (κ3) is 4.18. The first kappa shape index (κ1) is 20.2. The van der Waals surface area contributed by atoms with Crippen LogP contribution < -0.4 is 18.9 Å². The Hall–Kier alpha value is -3.77. The molecule has 2 atom stereocenters. The van der Waals surface area contributed by atoms with Gasteiger partial charge in [-0.2, -0.15) is 0 Å². The number of nitrogens with zero attached hydrogens (tertiary/aromatic N) is 1. The van der Waals surface area contributed by atoms with Crippen molar-refractivity contribution < 1.29 is 24.1 Å². The second-order valence-corrected chi connectivity index (χ2v) is 7.64. The topological polar surface area (TPSA) is 70.0 Å². The summed E-state index contributed by atoms with van der Waals surface area (Å²) < 4.78 is 23.0. The van der Waals surface area contributed by atoms with Gasteiger partial charge in [-0.15, -0.1) is 0 Å². The number of pyridine rings is 1. The molecule has 0 saturated carbocycles. The molecule has 162 valence electrons. The van der Waals surface area contributed by atoms with Crippen LogP contribution in [-0.2, 0) is 6.61 Å². The van der Waals surface area contributed by atoms with E-state index < -0.39 is 12.2 Å². The number of hydrogen-bond donors (Lipinski definition) is 1. The van der Waals surface area contributed by atoms with Crippen molar-refractivity contribution in [3.63, 3.8) is 0 Å². The van der Waals surface area contributed by atoms with Crippen LogP contribution >= 0.6 is 0 Å². The van der Waals surface area contributed by atoms with Gasteiger partial charge in [0.2, 0.25) is 0 Å². The highest BCUT2D eigenvalue weighted by atomic mass is 16.5. The Morgan fingerprint density at radius 2 is 1.81 bits per heavy atom. The fourth-order valence-corrected chi connectivity index (χ4v) is 3.79. The molecule has 0 spiro atoms. The minimum absolute atomic E-state index is 0.255. The van der Waals surface area contributed by atoms with Crippen LogP contribution in [0.2, 0.25) is 0 Å². The Morgan fingerprint density at radius 3 is 2.66 bits per heavy atom. The highest BCUT2D eigenvalue weighted by Gasteiger charge is 2.31. The fourth-order valence-electron chi connectivity index (χ4n) is 3.79. The van der Waals surface area contributed by atoms with Crippen molar-refractivity contribution in [1.29, 1.82) is 0 Å². The number of benzene rings is 3. The van der Waals surface area contributed by atoms with Crippen LogP contribution in [-0.4, -0.2) is 29.9 Å². The molecular formula is C26H23NO5. The molecule has 0 unspecified atom stereocenters. The molecule has 1 aliphatic heterocycles. The Balaban J connectivity index is 1.29. The Labute approximate surface area is 186 Å². The number of fused-ring (bicyclic) bond motifs is 2. The van der Waals surface area contributed by atoms with Crippen LogP contribution in [0.4, 0.5) is 0 Å². The predicted molar refractivity (Wildman–Crippen MR) is 120 cm³/mol. The molecule has 32 heavy (non-hydrogen) atoms. The van der Waals surface area contributed by atoms with Gasteiger partial charge in [0.05, 0.1) is 13.3 Å². The first-order chi connectivity index (χ1) is 15.7. The standard InChI is InChI=1S/C26H23NO5/c1-29-20-7-6-18-11-17(4-5-19(18)12-20)15-30-21-8-9-24-23(13-21)26(28)25(16-31-24)32-22-3-2-10-27-14-22/h2-14,25-26,28H,15-16H2,1H3/t25-,26+/m1/s1. The summed E-state index contributed by atoms with van der Waals surface area (Å²) in [6.07, 6.45) is 1.92. The number of rotatable bonds is 6. The average molecular weight is 429 g/mol. The van der Waals surface area contributed by atoms with Crippen molar-refractivity contribution in [3.05, 3.63) is 90.3 Å². The summed E-state index contributed by atoms with van der Waals surface area (Å²) >= 11 is 0. The number of ether oxygens (including phenoxy) is 4. The average Bonchev–Trinajstić information content (AvgIpc) is 2.85. The van der Waals surface area contributed by atoms with E-state index in [2.05, 4.69) is 17.1 Å². The van der Waals surface area contributed by atoms with Crippen molar-refractivity contribution in [2.45, 2.75) is 18.8 Å². The molecule has 0 bridgehead atoms. The summed E-state index contributed by atoms with van der Waals surface area (Å²) in [5.41, 5.74) is 1.70. The molecule has 1 aliphatic rings. The Morgan fingerprint density at radius 1 is 0.969 bits per heavy atom. The van der Waals surface area contributed by atoms with Gasteiger partial charge >= 0.3 is 0 Å². The lowest BCUT2D eigenvalue weighted by Gasteiger charge is -2.30. The van der Waals surface area contributed by atoms with Crippen molar-refractivity contribution >= 4 is 10.8 Å². The van der Waals surface area contributed by atoms with E-state index in [0.29, 0.717) is 29.4 Å². The Bertz CT molecular complexity index is 1230. The van der Waals surface area contributed by atoms with Crippen molar-refractivity contribution in [2.24, 2.45) is 0 Å². The second kappa shape index (κ2) is 8.77. The van der Waals surface area contributed by atoms with Crippen LogP contribution in [0.15, 0.2) is 79.1 Å². The van der Waals surface area contributed by atoms with Crippen molar-refractivity contribution in [3.8, 4) is 23.0 Å². The van der Waals surface area contributed by atoms with Gasteiger partial charge in [0.15, 0.2) is 6.10 Å². The van der Waals surface area contributed by atoms with Gasteiger partial charge in [-0.05, 0) is 64.9 Å². The van der Waals surface area contributed by atoms with Gasteiger partial charge in [-0.3, -0.25) is 4.98 Å². The normalized spacial score (nSPS) is 17.3. The number of aliphatic hydroxyl groups is 1. The number of hydrogen-bond acceptors (Lipinski definition) is 6. The molecule has 2 heterocycles. The molecule has 3 aromatic carbocycles. The Kier molecular flexibility index (Phi) is 5.52. The van der Waals surface area contributed by atoms with Crippen LogP contribution in [0.5, 0.6) is 23.0 Å². The lowest BCUT2D eigenvalue weighted by atomic mass is 10.0. The van der Waals surface area contributed by atoms with Crippen LogP contribution in [0, 0.1) is 0 Å². The first-order valence-electron chi connectivity index (χ1n) is 10.4. The molecule has 0 saturated heterocycles. The summed E-state index contributed by atoms with van der Waals surface area (Å²) in [5.74, 6) is 2.71. The summed E-state index contributed by atoms with van der Waals surface area (Å²) in [6, 6.07) is 21.2. The molecule has 1 aromatic heterocycles. The van der Waals surface area contributed by atoms with E-state index in [1.807, 2.05) is 42.5 Å². The van der Waals surface area contributed by atoms with E-state index in [1.165, 1.54) is 0 Å². The highest BCUT2D eigenvalue weighted by molar-refractivity contribution is 5.84. The maximum atomic E-state index is 10.9. The lowest BCUT2D eigenvalue weighted by Crippen LogP contribution is -2.35. The third-order valence-electron chi connectivity index (χ3n) is 5.49. The zero-order valence-corrected chi connectivity index (χ0v) is 17.6. The second-order valence-electron chi connectivity index (χ2n) is 7.64. The lowest BCUT2D eigenvalue weighted by molar-refractivity contribution is -0.0106. The van der Waals surface area contributed by atoms with Crippen LogP contribution in [0.25, 0.3) is 10.8 Å². The zero-order valence-electron chi connectivity index (χ0n) is 17.6.